The molecule has 0 aliphatic carbocycles. The number of carboxylic acids is 1. The molecule has 0 aromatic heterocycles. The fourth-order valence-electron chi connectivity index (χ4n) is 1.55. The molecule has 0 radical (unpaired) electrons. The lowest BCUT2D eigenvalue weighted by atomic mass is 10.0. The van der Waals surface area contributed by atoms with E-state index < -0.39 is 11.5 Å². The van der Waals surface area contributed by atoms with E-state index >= 15 is 0 Å². The van der Waals surface area contributed by atoms with Crippen LogP contribution in [0.3, 0.4) is 0 Å². The van der Waals surface area contributed by atoms with Gasteiger partial charge >= 0.3 is 5.97 Å². The van der Waals surface area contributed by atoms with Crippen LogP contribution < -0.4 is 10.1 Å². The minimum Gasteiger partial charge on any atom is -0.491 e. The fourth-order valence-corrected chi connectivity index (χ4v) is 1.55. The Hall–Kier alpha value is -1.59. The van der Waals surface area contributed by atoms with E-state index in [1.165, 1.54) is 0 Å². The van der Waals surface area contributed by atoms with Crippen LogP contribution in [0.1, 0.15) is 25.8 Å². The Balaban J connectivity index is 2.67. The van der Waals surface area contributed by atoms with Crippen LogP contribution in [0.4, 0.5) is 0 Å². The maximum absolute atomic E-state index is 11.3. The van der Waals surface area contributed by atoms with Crippen LogP contribution in [0, 0.1) is 0 Å². The number of ether oxygens (including phenoxy) is 1. The summed E-state index contributed by atoms with van der Waals surface area (Å²) < 4.78 is 5.52. The molecule has 1 atom stereocenters. The van der Waals surface area contributed by atoms with Gasteiger partial charge in [0.15, 0.2) is 0 Å². The third kappa shape index (κ3) is 4.54. The number of nitrogens with one attached hydrogen (secondary N) is 1. The average molecular weight is 267 g/mol. The van der Waals surface area contributed by atoms with Crippen molar-refractivity contribution in [1.82, 2.24) is 5.32 Å². The molecule has 1 aromatic rings. The molecule has 0 saturated heterocycles. The number of hydrogen-bond acceptors (Lipinski definition) is 4. The molecule has 1 aromatic carbocycles. The van der Waals surface area contributed by atoms with E-state index in [1.807, 2.05) is 6.92 Å². The highest BCUT2D eigenvalue weighted by molar-refractivity contribution is 5.78. The summed E-state index contributed by atoms with van der Waals surface area (Å²) in [7, 11) is 0. The van der Waals surface area contributed by atoms with Gasteiger partial charge in [0.05, 0.1) is 6.61 Å². The Morgan fingerprint density at radius 3 is 2.79 bits per heavy atom. The largest absolute Gasteiger partial charge is 0.491 e. The molecule has 0 heterocycles. The standard InChI is InChI=1S/C14H21NO4/c1-3-7-15-14(2,13(17)18)10-19-12-6-4-5-11(8-12)9-16/h4-6,8,15-16H,3,7,9-10H2,1-2H3,(H,17,18). The van der Waals surface area contributed by atoms with Gasteiger partial charge < -0.3 is 14.9 Å². The van der Waals surface area contributed by atoms with Gasteiger partial charge in [-0.25, -0.2) is 0 Å². The van der Waals surface area contributed by atoms with Gasteiger partial charge in [0.25, 0.3) is 0 Å². The van der Waals surface area contributed by atoms with E-state index in [4.69, 9.17) is 9.84 Å². The summed E-state index contributed by atoms with van der Waals surface area (Å²) in [6, 6.07) is 6.97. The Kier molecular flexibility index (Phi) is 5.79. The van der Waals surface area contributed by atoms with Gasteiger partial charge in [-0.05, 0) is 37.6 Å². The minimum absolute atomic E-state index is 0.0250. The maximum atomic E-state index is 11.3. The molecule has 0 fully saturated rings. The molecule has 0 amide bonds. The van der Waals surface area contributed by atoms with Gasteiger partial charge in [-0.15, -0.1) is 0 Å². The molecule has 1 rings (SSSR count). The first-order valence-electron chi connectivity index (χ1n) is 6.33. The van der Waals surface area contributed by atoms with Crippen LogP contribution in [0.5, 0.6) is 5.75 Å². The molecule has 106 valence electrons. The summed E-state index contributed by atoms with van der Waals surface area (Å²) in [4.78, 5) is 11.3. The second-order valence-corrected chi connectivity index (χ2v) is 4.66. The van der Waals surface area contributed by atoms with E-state index in [9.17, 15) is 9.90 Å². The number of aliphatic hydroxyl groups excluding tert-OH is 1. The van der Waals surface area contributed by atoms with Crippen LogP contribution in [-0.4, -0.2) is 34.9 Å². The predicted molar refractivity (Wildman–Crippen MR) is 72.2 cm³/mol. The van der Waals surface area contributed by atoms with Crippen LogP contribution in [0.15, 0.2) is 24.3 Å². The highest BCUT2D eigenvalue weighted by Gasteiger charge is 2.33. The molecule has 1 unspecified atom stereocenters. The molecular formula is C14H21NO4. The predicted octanol–water partition coefficient (Wildman–Crippen LogP) is 1.40. The van der Waals surface area contributed by atoms with E-state index in [0.29, 0.717) is 12.3 Å². The van der Waals surface area contributed by atoms with Crippen LogP contribution in [0.2, 0.25) is 0 Å². The van der Waals surface area contributed by atoms with Crippen molar-refractivity contribution < 1.29 is 19.7 Å². The summed E-state index contributed by atoms with van der Waals surface area (Å²) in [5.74, 6) is -0.392. The highest BCUT2D eigenvalue weighted by Crippen LogP contribution is 2.15. The van der Waals surface area contributed by atoms with Gasteiger partial charge in [0.2, 0.25) is 0 Å². The number of carbonyl (C=O) groups is 1. The molecule has 3 N–H and O–H groups in total. The van der Waals surface area contributed by atoms with Crippen LogP contribution >= 0.6 is 0 Å². The Bertz CT molecular complexity index is 422. The third-order valence-electron chi connectivity index (χ3n) is 2.85. The van der Waals surface area contributed by atoms with E-state index in [0.717, 1.165) is 12.0 Å². The molecule has 0 aliphatic heterocycles. The van der Waals surface area contributed by atoms with Crippen molar-refractivity contribution in [3.63, 3.8) is 0 Å². The van der Waals surface area contributed by atoms with Crippen molar-refractivity contribution in [3.8, 4) is 5.75 Å². The van der Waals surface area contributed by atoms with E-state index in [-0.39, 0.29) is 13.2 Å². The monoisotopic (exact) mass is 267 g/mol. The molecule has 5 heteroatoms. The lowest BCUT2D eigenvalue weighted by molar-refractivity contribution is -0.145. The van der Waals surface area contributed by atoms with Crippen molar-refractivity contribution >= 4 is 5.97 Å². The number of hydrogen-bond donors (Lipinski definition) is 3. The first-order chi connectivity index (χ1) is 9.01. The topological polar surface area (TPSA) is 78.8 Å². The molecule has 19 heavy (non-hydrogen) atoms. The summed E-state index contributed by atoms with van der Waals surface area (Å²) in [5.41, 5.74) is -0.387. The van der Waals surface area contributed by atoms with E-state index in [2.05, 4.69) is 5.32 Å². The summed E-state index contributed by atoms with van der Waals surface area (Å²) in [6.45, 7) is 4.14. The van der Waals surface area contributed by atoms with Gasteiger partial charge in [-0.1, -0.05) is 19.1 Å². The van der Waals surface area contributed by atoms with Crippen molar-refractivity contribution in [2.45, 2.75) is 32.4 Å². The number of carboxylic acid groups (broad SMARTS) is 1. The fraction of sp³-hybridized carbons (Fsp3) is 0.500. The Morgan fingerprint density at radius 2 is 2.21 bits per heavy atom. The molecule has 0 spiro atoms. The van der Waals surface area contributed by atoms with Gasteiger partial charge in [0, 0.05) is 0 Å². The van der Waals surface area contributed by atoms with Crippen LogP contribution in [0.25, 0.3) is 0 Å². The second-order valence-electron chi connectivity index (χ2n) is 4.66. The Morgan fingerprint density at radius 1 is 1.47 bits per heavy atom. The van der Waals surface area contributed by atoms with Gasteiger partial charge in [-0.3, -0.25) is 10.1 Å². The molecular weight excluding hydrogens is 246 g/mol. The molecule has 0 saturated carbocycles. The van der Waals surface area contributed by atoms with Gasteiger partial charge in [0.1, 0.15) is 17.9 Å². The van der Waals surface area contributed by atoms with E-state index in [1.54, 1.807) is 31.2 Å². The molecule has 0 aliphatic rings. The lowest BCUT2D eigenvalue weighted by Gasteiger charge is -2.26. The van der Waals surface area contributed by atoms with Crippen molar-refractivity contribution in [2.75, 3.05) is 13.2 Å². The molecule has 0 bridgehead atoms. The van der Waals surface area contributed by atoms with Gasteiger partial charge in [-0.2, -0.15) is 0 Å². The first-order valence-corrected chi connectivity index (χ1v) is 6.33. The smallest absolute Gasteiger partial charge is 0.327 e. The zero-order valence-electron chi connectivity index (χ0n) is 11.3. The highest BCUT2D eigenvalue weighted by atomic mass is 16.5. The maximum Gasteiger partial charge on any atom is 0.327 e. The summed E-state index contributed by atoms with van der Waals surface area (Å²) >= 11 is 0. The average Bonchev–Trinajstić information content (AvgIpc) is 2.43. The number of benzene rings is 1. The number of rotatable bonds is 8. The number of aliphatic hydroxyl groups is 1. The van der Waals surface area contributed by atoms with Crippen molar-refractivity contribution in [2.24, 2.45) is 0 Å². The Labute approximate surface area is 113 Å². The third-order valence-corrected chi connectivity index (χ3v) is 2.85. The second kappa shape index (κ2) is 7.11. The summed E-state index contributed by atoms with van der Waals surface area (Å²) in [6.07, 6.45) is 0.850. The van der Waals surface area contributed by atoms with Crippen molar-refractivity contribution in [1.29, 1.82) is 0 Å². The normalized spacial score (nSPS) is 13.8. The van der Waals surface area contributed by atoms with Crippen LogP contribution in [-0.2, 0) is 11.4 Å². The zero-order valence-corrected chi connectivity index (χ0v) is 11.3. The summed E-state index contributed by atoms with van der Waals surface area (Å²) in [5, 5.41) is 21.3. The quantitative estimate of drug-likeness (QED) is 0.663. The SMILES string of the molecule is CCCNC(C)(COc1cccc(CO)c1)C(=O)O. The molecule has 5 nitrogen and oxygen atoms in total. The number of aliphatic carboxylic acids is 1. The van der Waals surface area contributed by atoms with Crippen molar-refractivity contribution in [3.05, 3.63) is 29.8 Å². The first kappa shape index (κ1) is 15.5. The zero-order chi connectivity index (χ0) is 14.3. The minimum atomic E-state index is -1.12. The lowest BCUT2D eigenvalue weighted by Crippen LogP contribution is -2.54.